The van der Waals surface area contributed by atoms with Crippen molar-refractivity contribution in [2.24, 2.45) is 0 Å². The fourth-order valence-electron chi connectivity index (χ4n) is 8.50. The summed E-state index contributed by atoms with van der Waals surface area (Å²) in [5, 5.41) is 7.44. The van der Waals surface area contributed by atoms with E-state index in [0.29, 0.717) is 0 Å². The first-order valence-electron chi connectivity index (χ1n) is 18.8. The molecule has 11 aromatic rings. The number of hydrogen-bond donors (Lipinski definition) is 0. The zero-order valence-corrected chi connectivity index (χ0v) is 29.9. The molecule has 0 unspecified atom stereocenters. The summed E-state index contributed by atoms with van der Waals surface area (Å²) < 4.78 is 2.46. The van der Waals surface area contributed by atoms with Crippen molar-refractivity contribution >= 4 is 54.4 Å². The fraction of sp³-hybridized carbons (Fsp3) is 0. The van der Waals surface area contributed by atoms with Crippen LogP contribution in [0.3, 0.4) is 0 Å². The van der Waals surface area contributed by atoms with E-state index in [1.807, 2.05) is 12.1 Å². The second-order valence-electron chi connectivity index (χ2n) is 14.1. The lowest BCUT2D eigenvalue weighted by atomic mass is 9.92. The van der Waals surface area contributed by atoms with Crippen molar-refractivity contribution in [3.63, 3.8) is 0 Å². The number of hydrogen-bond acceptors (Lipinski definition) is 2. The zero-order valence-electron chi connectivity index (χ0n) is 29.9. The van der Waals surface area contributed by atoms with Crippen LogP contribution in [0.4, 0.5) is 0 Å². The molecule has 9 aromatic carbocycles. The molecule has 0 spiro atoms. The van der Waals surface area contributed by atoms with Crippen LogP contribution >= 0.6 is 0 Å². The van der Waals surface area contributed by atoms with E-state index in [1.165, 1.54) is 54.6 Å². The van der Waals surface area contributed by atoms with Gasteiger partial charge in [-0.1, -0.05) is 170 Å². The van der Waals surface area contributed by atoms with Crippen LogP contribution in [0, 0.1) is 0 Å². The predicted molar refractivity (Wildman–Crippen MR) is 231 cm³/mol. The molecule has 0 saturated carbocycles. The highest BCUT2D eigenvalue weighted by Crippen LogP contribution is 2.46. The quantitative estimate of drug-likeness (QED) is 0.179. The molecule has 0 radical (unpaired) electrons. The van der Waals surface area contributed by atoms with E-state index in [0.717, 1.165) is 50.3 Å². The normalized spacial score (nSPS) is 11.6. The molecule has 55 heavy (non-hydrogen) atoms. The van der Waals surface area contributed by atoms with Gasteiger partial charge in [0.05, 0.1) is 33.5 Å². The highest BCUT2D eigenvalue weighted by atomic mass is 15.0. The molecule has 0 fully saturated rings. The standard InChI is InChI=1S/C52H33N3/c1-5-17-34(18-6-1)43-32-47-49(41-27-15-13-25-39(41)43)50-42-28-16-14-26-40(42)44(35-19-7-2-8-20-35)33-48(50)55(47)38-29-30-45-46(31-38)54-52(37-23-11-4-12-24-37)51(53-45)36-21-9-3-10-22-36/h1-33H. The third-order valence-corrected chi connectivity index (χ3v) is 10.9. The van der Waals surface area contributed by atoms with Gasteiger partial charge >= 0.3 is 0 Å². The first-order valence-corrected chi connectivity index (χ1v) is 18.8. The molecule has 3 nitrogen and oxygen atoms in total. The molecular formula is C52H33N3. The average Bonchev–Trinajstić information content (AvgIpc) is 3.61. The third kappa shape index (κ3) is 5.05. The molecule has 256 valence electrons. The minimum Gasteiger partial charge on any atom is -0.309 e. The lowest BCUT2D eigenvalue weighted by molar-refractivity contribution is 1.18. The molecule has 0 N–H and O–H groups in total. The summed E-state index contributed by atoms with van der Waals surface area (Å²) >= 11 is 0. The Morgan fingerprint density at radius 2 is 0.691 bits per heavy atom. The molecule has 0 amide bonds. The van der Waals surface area contributed by atoms with Crippen LogP contribution in [-0.2, 0) is 0 Å². The van der Waals surface area contributed by atoms with Gasteiger partial charge in [0.2, 0.25) is 0 Å². The molecule has 0 bridgehead atoms. The van der Waals surface area contributed by atoms with E-state index < -0.39 is 0 Å². The van der Waals surface area contributed by atoms with Crippen LogP contribution in [0.15, 0.2) is 200 Å². The first kappa shape index (κ1) is 31.2. The second-order valence-corrected chi connectivity index (χ2v) is 14.1. The van der Waals surface area contributed by atoms with Crippen molar-refractivity contribution in [1.29, 1.82) is 0 Å². The molecule has 3 heteroatoms. The number of aromatic nitrogens is 3. The largest absolute Gasteiger partial charge is 0.309 e. The molecule has 0 aliphatic carbocycles. The van der Waals surface area contributed by atoms with Crippen molar-refractivity contribution in [1.82, 2.24) is 14.5 Å². The fourth-order valence-corrected chi connectivity index (χ4v) is 8.50. The lowest BCUT2D eigenvalue weighted by Crippen LogP contribution is -1.99. The molecule has 2 aromatic heterocycles. The molecule has 2 heterocycles. The van der Waals surface area contributed by atoms with Gasteiger partial charge in [-0.25, -0.2) is 9.97 Å². The maximum absolute atomic E-state index is 5.41. The number of benzene rings is 9. The molecular weight excluding hydrogens is 667 g/mol. The van der Waals surface area contributed by atoms with E-state index in [2.05, 4.69) is 193 Å². The Bertz CT molecular complexity index is 3090. The third-order valence-electron chi connectivity index (χ3n) is 10.9. The van der Waals surface area contributed by atoms with Crippen LogP contribution in [0.1, 0.15) is 0 Å². The summed E-state index contributed by atoms with van der Waals surface area (Å²) in [6, 6.07) is 71.4. The van der Waals surface area contributed by atoms with Gasteiger partial charge in [-0.2, -0.15) is 0 Å². The topological polar surface area (TPSA) is 30.7 Å². The van der Waals surface area contributed by atoms with E-state index in [9.17, 15) is 0 Å². The van der Waals surface area contributed by atoms with Crippen molar-refractivity contribution < 1.29 is 0 Å². The maximum Gasteiger partial charge on any atom is 0.0973 e. The Kier molecular flexibility index (Phi) is 7.17. The minimum absolute atomic E-state index is 0.846. The van der Waals surface area contributed by atoms with Gasteiger partial charge in [0, 0.05) is 27.6 Å². The van der Waals surface area contributed by atoms with Crippen LogP contribution in [0.2, 0.25) is 0 Å². The molecule has 0 aliphatic heterocycles. The second kappa shape index (κ2) is 12.6. The van der Waals surface area contributed by atoms with E-state index in [1.54, 1.807) is 0 Å². The highest BCUT2D eigenvalue weighted by molar-refractivity contribution is 6.31. The smallest absolute Gasteiger partial charge is 0.0973 e. The van der Waals surface area contributed by atoms with Crippen LogP contribution in [-0.4, -0.2) is 14.5 Å². The van der Waals surface area contributed by atoms with Crippen LogP contribution in [0.5, 0.6) is 0 Å². The van der Waals surface area contributed by atoms with E-state index >= 15 is 0 Å². The summed E-state index contributed by atoms with van der Waals surface area (Å²) in [6.45, 7) is 0. The first-order chi connectivity index (χ1) is 27.3. The Labute approximate surface area is 318 Å². The highest BCUT2D eigenvalue weighted by Gasteiger charge is 2.22. The minimum atomic E-state index is 0.846. The van der Waals surface area contributed by atoms with Gasteiger partial charge in [-0.3, -0.25) is 0 Å². The van der Waals surface area contributed by atoms with Gasteiger partial charge in [0.1, 0.15) is 0 Å². The van der Waals surface area contributed by atoms with Crippen molar-refractivity contribution in [2.45, 2.75) is 0 Å². The van der Waals surface area contributed by atoms with E-state index in [-0.39, 0.29) is 0 Å². The molecule has 0 aliphatic rings. The van der Waals surface area contributed by atoms with Crippen molar-refractivity contribution in [3.05, 3.63) is 200 Å². The Morgan fingerprint density at radius 3 is 1.15 bits per heavy atom. The number of nitrogens with zero attached hydrogens (tertiary/aromatic N) is 3. The van der Waals surface area contributed by atoms with Crippen LogP contribution in [0.25, 0.3) is 105 Å². The molecule has 0 atom stereocenters. The summed E-state index contributed by atoms with van der Waals surface area (Å²) in [5.41, 5.74) is 13.7. The molecule has 0 saturated heterocycles. The van der Waals surface area contributed by atoms with Crippen LogP contribution < -0.4 is 0 Å². The van der Waals surface area contributed by atoms with Crippen molar-refractivity contribution in [3.8, 4) is 50.5 Å². The predicted octanol–water partition coefficient (Wildman–Crippen LogP) is 13.7. The summed E-state index contributed by atoms with van der Waals surface area (Å²) in [5.74, 6) is 0. The Balaban J connectivity index is 1.28. The lowest BCUT2D eigenvalue weighted by Gasteiger charge is -2.14. The Hall–Kier alpha value is -7.36. The van der Waals surface area contributed by atoms with Gasteiger partial charge in [-0.15, -0.1) is 0 Å². The van der Waals surface area contributed by atoms with Gasteiger partial charge in [0.25, 0.3) is 0 Å². The summed E-state index contributed by atoms with van der Waals surface area (Å²) in [7, 11) is 0. The SMILES string of the molecule is c1ccc(-c2nc3ccc(-n4c5cc(-c6ccccc6)c6ccccc6c5c5c6ccccc6c(-c6ccccc6)cc54)cc3nc2-c2ccccc2)cc1. The summed E-state index contributed by atoms with van der Waals surface area (Å²) in [6.07, 6.45) is 0. The summed E-state index contributed by atoms with van der Waals surface area (Å²) in [4.78, 5) is 10.7. The monoisotopic (exact) mass is 699 g/mol. The van der Waals surface area contributed by atoms with Crippen molar-refractivity contribution in [2.75, 3.05) is 0 Å². The van der Waals surface area contributed by atoms with E-state index in [4.69, 9.17) is 9.97 Å². The Morgan fingerprint density at radius 1 is 0.309 bits per heavy atom. The van der Waals surface area contributed by atoms with Gasteiger partial charge in [0.15, 0.2) is 0 Å². The van der Waals surface area contributed by atoms with Gasteiger partial charge < -0.3 is 4.57 Å². The zero-order chi connectivity index (χ0) is 36.3. The van der Waals surface area contributed by atoms with Gasteiger partial charge in [-0.05, 0) is 74.1 Å². The molecule has 11 rings (SSSR count). The maximum atomic E-state index is 5.41. The average molecular weight is 700 g/mol. The number of rotatable bonds is 5. The number of fused-ring (bicyclic) bond motifs is 8.